The summed E-state index contributed by atoms with van der Waals surface area (Å²) in [5, 5.41) is 6.09. The molecule has 8 heteroatoms. The lowest BCUT2D eigenvalue weighted by Crippen LogP contribution is -2.43. The van der Waals surface area contributed by atoms with Crippen molar-refractivity contribution in [1.29, 1.82) is 0 Å². The largest absolute Gasteiger partial charge is 0.496 e. The van der Waals surface area contributed by atoms with Gasteiger partial charge in [0.25, 0.3) is 5.91 Å². The molecule has 39 heavy (non-hydrogen) atoms. The number of fused-ring (bicyclic) bond motifs is 1. The minimum Gasteiger partial charge on any atom is -0.496 e. The second-order valence-corrected chi connectivity index (χ2v) is 9.19. The lowest BCUT2D eigenvalue weighted by molar-refractivity contribution is -0.114. The number of ether oxygens (including phenoxy) is 2. The van der Waals surface area contributed by atoms with Crippen LogP contribution in [0.1, 0.15) is 40.1 Å². The molecule has 4 aromatic rings. The Balaban J connectivity index is 1.44. The van der Waals surface area contributed by atoms with Gasteiger partial charge in [-0.05, 0) is 59.7 Å². The van der Waals surface area contributed by atoms with Crippen molar-refractivity contribution in [1.82, 2.24) is 4.90 Å². The first-order chi connectivity index (χ1) is 18.9. The molecular formula is C31H28FN3O4. The smallest absolute Gasteiger partial charge is 0.261 e. The summed E-state index contributed by atoms with van der Waals surface area (Å²) in [4.78, 5) is 26.5. The van der Waals surface area contributed by atoms with Gasteiger partial charge in [0.05, 0.1) is 18.4 Å². The Morgan fingerprint density at radius 2 is 1.77 bits per heavy atom. The standard InChI is InChI=1S/C31H28FN3O4/c1-20(36)33-24-12-14-25(15-13-24)39-19-23-17-22(11-16-28(23)38-2)30-34-27-10-6-9-26(32)29(27)31(37)35(30)18-21-7-4-3-5-8-21/h3-17,30,34H,18-19H2,1-2H3,(H,33,36). The van der Waals surface area contributed by atoms with Crippen molar-refractivity contribution in [2.45, 2.75) is 26.2 Å². The van der Waals surface area contributed by atoms with Gasteiger partial charge in [0.2, 0.25) is 5.91 Å². The summed E-state index contributed by atoms with van der Waals surface area (Å²) in [7, 11) is 1.59. The predicted molar refractivity (Wildman–Crippen MR) is 147 cm³/mol. The van der Waals surface area contributed by atoms with E-state index in [0.29, 0.717) is 29.4 Å². The third kappa shape index (κ3) is 5.70. The fourth-order valence-corrected chi connectivity index (χ4v) is 4.63. The number of nitrogens with one attached hydrogen (secondary N) is 2. The molecular weight excluding hydrogens is 497 g/mol. The van der Waals surface area contributed by atoms with E-state index in [2.05, 4.69) is 10.6 Å². The number of methoxy groups -OCH3 is 1. The van der Waals surface area contributed by atoms with E-state index in [1.807, 2.05) is 48.5 Å². The fraction of sp³-hybridized carbons (Fsp3) is 0.161. The van der Waals surface area contributed by atoms with Gasteiger partial charge in [-0.2, -0.15) is 0 Å². The predicted octanol–water partition coefficient (Wildman–Crippen LogP) is 6.14. The van der Waals surface area contributed by atoms with Crippen LogP contribution in [0.5, 0.6) is 11.5 Å². The normalized spacial score (nSPS) is 14.3. The first kappa shape index (κ1) is 25.8. The van der Waals surface area contributed by atoms with Gasteiger partial charge in [-0.25, -0.2) is 4.39 Å². The van der Waals surface area contributed by atoms with Crippen LogP contribution in [0.25, 0.3) is 0 Å². The van der Waals surface area contributed by atoms with Crippen LogP contribution in [0.15, 0.2) is 91.0 Å². The van der Waals surface area contributed by atoms with E-state index in [1.54, 1.807) is 48.4 Å². The van der Waals surface area contributed by atoms with Crippen molar-refractivity contribution < 1.29 is 23.5 Å². The van der Waals surface area contributed by atoms with Crippen LogP contribution in [0.3, 0.4) is 0 Å². The molecule has 0 saturated carbocycles. The molecule has 1 heterocycles. The highest BCUT2D eigenvalue weighted by atomic mass is 19.1. The first-order valence-electron chi connectivity index (χ1n) is 12.5. The Labute approximate surface area is 226 Å². The zero-order valence-electron chi connectivity index (χ0n) is 21.6. The average molecular weight is 526 g/mol. The highest BCUT2D eigenvalue weighted by molar-refractivity contribution is 6.02. The second kappa shape index (κ2) is 11.3. The SMILES string of the molecule is COc1ccc(C2Nc3cccc(F)c3C(=O)N2Cc2ccccc2)cc1COc1ccc(NC(C)=O)cc1. The number of carbonyl (C=O) groups is 2. The topological polar surface area (TPSA) is 79.9 Å². The Hall–Kier alpha value is -4.85. The number of anilines is 2. The quantitative estimate of drug-likeness (QED) is 0.289. The molecule has 4 aromatic carbocycles. The maximum absolute atomic E-state index is 14.7. The van der Waals surface area contributed by atoms with Crippen molar-refractivity contribution in [3.8, 4) is 11.5 Å². The monoisotopic (exact) mass is 525 g/mol. The molecule has 2 N–H and O–H groups in total. The Kier molecular flexibility index (Phi) is 7.45. The summed E-state index contributed by atoms with van der Waals surface area (Å²) in [5.74, 6) is 0.166. The number of amides is 2. The summed E-state index contributed by atoms with van der Waals surface area (Å²) in [5.41, 5.74) is 3.66. The molecule has 0 bridgehead atoms. The number of nitrogens with zero attached hydrogens (tertiary/aromatic N) is 1. The summed E-state index contributed by atoms with van der Waals surface area (Å²) in [6, 6.07) is 26.9. The van der Waals surface area contributed by atoms with Crippen molar-refractivity contribution >= 4 is 23.2 Å². The van der Waals surface area contributed by atoms with Gasteiger partial charge in [-0.3, -0.25) is 9.59 Å². The Morgan fingerprint density at radius 3 is 2.49 bits per heavy atom. The van der Waals surface area contributed by atoms with Crippen LogP contribution in [0, 0.1) is 5.82 Å². The molecule has 1 aliphatic rings. The van der Waals surface area contributed by atoms with E-state index in [0.717, 1.165) is 16.7 Å². The lowest BCUT2D eigenvalue weighted by Gasteiger charge is -2.38. The van der Waals surface area contributed by atoms with Crippen LogP contribution >= 0.6 is 0 Å². The Bertz CT molecular complexity index is 1490. The van der Waals surface area contributed by atoms with Gasteiger partial charge in [0.15, 0.2) is 0 Å². The highest BCUT2D eigenvalue weighted by Crippen LogP contribution is 2.37. The van der Waals surface area contributed by atoms with E-state index < -0.39 is 12.0 Å². The zero-order valence-corrected chi connectivity index (χ0v) is 21.6. The number of carbonyl (C=O) groups excluding carboxylic acids is 2. The molecule has 0 aliphatic carbocycles. The Morgan fingerprint density at radius 1 is 1.00 bits per heavy atom. The number of hydrogen-bond acceptors (Lipinski definition) is 5. The third-order valence-corrected chi connectivity index (χ3v) is 6.48. The maximum atomic E-state index is 14.7. The van der Waals surface area contributed by atoms with Gasteiger partial charge in [-0.15, -0.1) is 0 Å². The van der Waals surface area contributed by atoms with E-state index in [9.17, 15) is 14.0 Å². The van der Waals surface area contributed by atoms with Crippen LogP contribution in [0.4, 0.5) is 15.8 Å². The minimum atomic E-state index is -0.560. The number of rotatable bonds is 8. The maximum Gasteiger partial charge on any atom is 0.261 e. The molecule has 5 rings (SSSR count). The average Bonchev–Trinajstić information content (AvgIpc) is 2.94. The third-order valence-electron chi connectivity index (χ3n) is 6.48. The van der Waals surface area contributed by atoms with Gasteiger partial charge in [0.1, 0.15) is 30.1 Å². The molecule has 7 nitrogen and oxygen atoms in total. The molecule has 1 aliphatic heterocycles. The van der Waals surface area contributed by atoms with Gasteiger partial charge >= 0.3 is 0 Å². The van der Waals surface area contributed by atoms with Crippen molar-refractivity contribution in [3.05, 3.63) is 119 Å². The van der Waals surface area contributed by atoms with Crippen molar-refractivity contribution in [3.63, 3.8) is 0 Å². The van der Waals surface area contributed by atoms with Crippen LogP contribution in [0.2, 0.25) is 0 Å². The molecule has 198 valence electrons. The van der Waals surface area contributed by atoms with Crippen LogP contribution in [-0.4, -0.2) is 23.8 Å². The molecule has 0 fully saturated rings. The number of halogens is 1. The second-order valence-electron chi connectivity index (χ2n) is 9.19. The fourth-order valence-electron chi connectivity index (χ4n) is 4.63. The molecule has 0 spiro atoms. The van der Waals surface area contributed by atoms with E-state index in [-0.39, 0.29) is 24.0 Å². The minimum absolute atomic E-state index is 0.0319. The van der Waals surface area contributed by atoms with Crippen molar-refractivity contribution in [2.75, 3.05) is 17.7 Å². The van der Waals surface area contributed by atoms with Gasteiger partial charge < -0.3 is 25.0 Å². The van der Waals surface area contributed by atoms with Crippen molar-refractivity contribution in [2.24, 2.45) is 0 Å². The molecule has 0 aromatic heterocycles. The molecule has 2 amide bonds. The van der Waals surface area contributed by atoms with Crippen LogP contribution < -0.4 is 20.1 Å². The molecule has 1 unspecified atom stereocenters. The van der Waals surface area contributed by atoms with Gasteiger partial charge in [-0.1, -0.05) is 42.5 Å². The lowest BCUT2D eigenvalue weighted by atomic mass is 10.0. The van der Waals surface area contributed by atoms with E-state index in [1.165, 1.54) is 13.0 Å². The van der Waals surface area contributed by atoms with E-state index in [4.69, 9.17) is 9.47 Å². The van der Waals surface area contributed by atoms with E-state index >= 15 is 0 Å². The number of hydrogen-bond donors (Lipinski definition) is 2. The summed E-state index contributed by atoms with van der Waals surface area (Å²) in [6.45, 7) is 1.96. The number of benzene rings is 4. The van der Waals surface area contributed by atoms with Crippen LogP contribution in [-0.2, 0) is 17.9 Å². The highest BCUT2D eigenvalue weighted by Gasteiger charge is 2.35. The summed E-state index contributed by atoms with van der Waals surface area (Å²) in [6.07, 6.45) is -0.548. The van der Waals surface area contributed by atoms with Gasteiger partial charge in [0, 0.05) is 24.7 Å². The zero-order chi connectivity index (χ0) is 27.4. The summed E-state index contributed by atoms with van der Waals surface area (Å²) < 4.78 is 26.3. The molecule has 0 radical (unpaired) electrons. The molecule has 1 atom stereocenters. The first-order valence-corrected chi connectivity index (χ1v) is 12.5. The summed E-state index contributed by atoms with van der Waals surface area (Å²) >= 11 is 0. The molecule has 0 saturated heterocycles.